The van der Waals surface area contributed by atoms with Crippen molar-refractivity contribution in [2.75, 3.05) is 17.1 Å². The molecule has 0 fully saturated rings. The number of sulfonamides is 1. The second-order valence-electron chi connectivity index (χ2n) is 4.37. The maximum Gasteiger partial charge on any atom is 0.232 e. The second-order valence-corrected chi connectivity index (χ2v) is 6.28. The maximum absolute atomic E-state index is 11.7. The molecule has 0 atom stereocenters. The molecule has 0 spiro atoms. The molecule has 88 valence electrons. The third-order valence-corrected chi connectivity index (χ3v) is 4.43. The predicted molar refractivity (Wildman–Crippen MR) is 69.8 cm³/mol. The van der Waals surface area contributed by atoms with Crippen molar-refractivity contribution in [3.05, 3.63) is 42.0 Å². The quantitative estimate of drug-likeness (QED) is 0.774. The smallest absolute Gasteiger partial charge is 0.232 e. The van der Waals surface area contributed by atoms with E-state index in [0.717, 1.165) is 23.1 Å². The summed E-state index contributed by atoms with van der Waals surface area (Å²) >= 11 is 0. The molecule has 0 saturated heterocycles. The Morgan fingerprint density at radius 2 is 1.88 bits per heavy atom. The van der Waals surface area contributed by atoms with E-state index in [1.54, 1.807) is 0 Å². The van der Waals surface area contributed by atoms with E-state index < -0.39 is 10.0 Å². The zero-order valence-electron chi connectivity index (χ0n) is 9.55. The Kier molecular flexibility index (Phi) is 2.16. The number of rotatable bonds is 1. The lowest BCUT2D eigenvalue weighted by molar-refractivity contribution is 0.598. The molecule has 17 heavy (non-hydrogen) atoms. The summed E-state index contributed by atoms with van der Waals surface area (Å²) in [7, 11) is -3.15. The predicted octanol–water partition coefficient (Wildman–Crippen LogP) is 2.16. The fourth-order valence-corrected chi connectivity index (χ4v) is 3.45. The van der Waals surface area contributed by atoms with Crippen molar-refractivity contribution in [2.24, 2.45) is 0 Å². The van der Waals surface area contributed by atoms with Gasteiger partial charge in [0.1, 0.15) is 0 Å². The number of anilines is 1. The van der Waals surface area contributed by atoms with Crippen molar-refractivity contribution in [1.29, 1.82) is 0 Å². The molecule has 0 amide bonds. The number of nitrogens with zero attached hydrogens (tertiary/aromatic N) is 1. The molecule has 0 radical (unpaired) electrons. The molecule has 0 bridgehead atoms. The van der Waals surface area contributed by atoms with Gasteiger partial charge in [-0.15, -0.1) is 0 Å². The number of fused-ring (bicyclic) bond motifs is 3. The molecular weight excluding hydrogens is 234 g/mol. The summed E-state index contributed by atoms with van der Waals surface area (Å²) in [6.45, 7) is 0.558. The molecule has 0 saturated carbocycles. The van der Waals surface area contributed by atoms with Crippen molar-refractivity contribution in [1.82, 2.24) is 0 Å². The van der Waals surface area contributed by atoms with Gasteiger partial charge in [0.25, 0.3) is 0 Å². The molecule has 0 aliphatic carbocycles. The van der Waals surface area contributed by atoms with Gasteiger partial charge in [-0.3, -0.25) is 4.31 Å². The third-order valence-electron chi connectivity index (χ3n) is 3.25. The Bertz CT molecular complexity index is 692. The van der Waals surface area contributed by atoms with Crippen molar-refractivity contribution in [3.8, 4) is 0 Å². The first-order valence-electron chi connectivity index (χ1n) is 5.56. The van der Waals surface area contributed by atoms with Crippen LogP contribution in [-0.4, -0.2) is 21.2 Å². The van der Waals surface area contributed by atoms with Crippen molar-refractivity contribution < 1.29 is 8.42 Å². The lowest BCUT2D eigenvalue weighted by atomic mass is 10.0. The summed E-state index contributed by atoms with van der Waals surface area (Å²) in [6.07, 6.45) is 2.06. The Hall–Kier alpha value is -1.55. The van der Waals surface area contributed by atoms with E-state index in [1.807, 2.05) is 24.3 Å². The Balaban J connectivity index is 2.28. The highest BCUT2D eigenvalue weighted by atomic mass is 32.2. The van der Waals surface area contributed by atoms with Gasteiger partial charge in [0.05, 0.1) is 11.9 Å². The monoisotopic (exact) mass is 247 g/mol. The molecule has 3 rings (SSSR count). The number of benzene rings is 2. The van der Waals surface area contributed by atoms with E-state index in [2.05, 4.69) is 12.1 Å². The van der Waals surface area contributed by atoms with Gasteiger partial charge >= 0.3 is 0 Å². The zero-order chi connectivity index (χ0) is 12.0. The summed E-state index contributed by atoms with van der Waals surface area (Å²) in [5, 5.41) is 2.33. The average molecular weight is 247 g/mol. The molecule has 0 aromatic heterocycles. The van der Waals surface area contributed by atoms with Crippen LogP contribution in [0, 0.1) is 0 Å². The fourth-order valence-electron chi connectivity index (χ4n) is 2.50. The summed E-state index contributed by atoms with van der Waals surface area (Å²) in [5.74, 6) is 0. The SMILES string of the molecule is CS(=O)(=O)N1CCc2c1ccc1ccccc21. The minimum absolute atomic E-state index is 0.558. The zero-order valence-corrected chi connectivity index (χ0v) is 10.4. The van der Waals surface area contributed by atoms with Gasteiger partial charge in [0.15, 0.2) is 0 Å². The Morgan fingerprint density at radius 3 is 2.65 bits per heavy atom. The van der Waals surface area contributed by atoms with Crippen LogP contribution < -0.4 is 4.31 Å². The summed E-state index contributed by atoms with van der Waals surface area (Å²) in [4.78, 5) is 0. The van der Waals surface area contributed by atoms with Crippen LogP contribution in [0.5, 0.6) is 0 Å². The molecule has 3 nitrogen and oxygen atoms in total. The molecular formula is C13H13NO2S. The Labute approximate surface area is 101 Å². The lowest BCUT2D eigenvalue weighted by Gasteiger charge is -2.16. The van der Waals surface area contributed by atoms with Crippen LogP contribution in [0.25, 0.3) is 10.8 Å². The van der Waals surface area contributed by atoms with Crippen LogP contribution in [0.15, 0.2) is 36.4 Å². The van der Waals surface area contributed by atoms with E-state index in [9.17, 15) is 8.42 Å². The number of hydrogen-bond acceptors (Lipinski definition) is 2. The van der Waals surface area contributed by atoms with Gasteiger partial charge in [-0.1, -0.05) is 30.3 Å². The molecule has 1 aliphatic heterocycles. The Morgan fingerprint density at radius 1 is 1.12 bits per heavy atom. The summed E-state index contributed by atoms with van der Waals surface area (Å²) < 4.78 is 24.8. The highest BCUT2D eigenvalue weighted by Gasteiger charge is 2.26. The fraction of sp³-hybridized carbons (Fsp3) is 0.231. The van der Waals surface area contributed by atoms with Gasteiger partial charge in [-0.05, 0) is 28.8 Å². The van der Waals surface area contributed by atoms with Crippen molar-refractivity contribution in [3.63, 3.8) is 0 Å². The van der Waals surface area contributed by atoms with Gasteiger partial charge in [0, 0.05) is 6.54 Å². The first-order valence-corrected chi connectivity index (χ1v) is 7.40. The van der Waals surface area contributed by atoms with E-state index in [4.69, 9.17) is 0 Å². The lowest BCUT2D eigenvalue weighted by Crippen LogP contribution is -2.27. The second kappa shape index (κ2) is 3.47. The van der Waals surface area contributed by atoms with E-state index in [0.29, 0.717) is 6.54 Å². The molecule has 2 aromatic carbocycles. The van der Waals surface area contributed by atoms with E-state index in [-0.39, 0.29) is 0 Å². The third kappa shape index (κ3) is 1.60. The average Bonchev–Trinajstić information content (AvgIpc) is 2.72. The number of hydrogen-bond donors (Lipinski definition) is 0. The molecule has 0 N–H and O–H groups in total. The van der Waals surface area contributed by atoms with E-state index in [1.165, 1.54) is 15.9 Å². The molecule has 1 heterocycles. The van der Waals surface area contributed by atoms with Gasteiger partial charge < -0.3 is 0 Å². The summed E-state index contributed by atoms with van der Waals surface area (Å²) in [6, 6.07) is 12.0. The molecule has 2 aromatic rings. The maximum atomic E-state index is 11.7. The normalized spacial score (nSPS) is 15.2. The highest BCUT2D eigenvalue weighted by molar-refractivity contribution is 7.92. The van der Waals surface area contributed by atoms with Crippen LogP contribution in [0.4, 0.5) is 5.69 Å². The van der Waals surface area contributed by atoms with Crippen molar-refractivity contribution in [2.45, 2.75) is 6.42 Å². The molecule has 0 unspecified atom stereocenters. The van der Waals surface area contributed by atoms with E-state index >= 15 is 0 Å². The standard InChI is InChI=1S/C13H13NO2S/c1-17(15,16)14-9-8-12-11-5-3-2-4-10(11)6-7-13(12)14/h2-7H,8-9H2,1H3. The van der Waals surface area contributed by atoms with Gasteiger partial charge in [0.2, 0.25) is 10.0 Å². The first kappa shape index (κ1) is 10.6. The summed E-state index contributed by atoms with van der Waals surface area (Å²) in [5.41, 5.74) is 1.99. The molecule has 4 heteroatoms. The van der Waals surface area contributed by atoms with Crippen LogP contribution in [-0.2, 0) is 16.4 Å². The van der Waals surface area contributed by atoms with Crippen LogP contribution in [0.3, 0.4) is 0 Å². The minimum Gasteiger partial charge on any atom is -0.270 e. The highest BCUT2D eigenvalue weighted by Crippen LogP contribution is 2.35. The molecule has 1 aliphatic rings. The van der Waals surface area contributed by atoms with Gasteiger partial charge in [-0.2, -0.15) is 0 Å². The van der Waals surface area contributed by atoms with Crippen LogP contribution in [0.1, 0.15) is 5.56 Å². The van der Waals surface area contributed by atoms with Crippen LogP contribution in [0.2, 0.25) is 0 Å². The van der Waals surface area contributed by atoms with Gasteiger partial charge in [-0.25, -0.2) is 8.42 Å². The first-order chi connectivity index (χ1) is 8.07. The topological polar surface area (TPSA) is 37.4 Å². The minimum atomic E-state index is -3.15. The largest absolute Gasteiger partial charge is 0.270 e. The van der Waals surface area contributed by atoms with Crippen LogP contribution >= 0.6 is 0 Å². The van der Waals surface area contributed by atoms with Crippen molar-refractivity contribution >= 4 is 26.5 Å².